The SMILES string of the molecule is CCOC(=O)c1c(NC(=O)[C@H]2Cc3ccccc3C(=O)O2)sc2c1CCCC2. The molecule has 146 valence electrons. The third-order valence-electron chi connectivity index (χ3n) is 5.07. The van der Waals surface area contributed by atoms with Crippen molar-refractivity contribution in [2.45, 2.75) is 45.1 Å². The second-order valence-corrected chi connectivity index (χ2v) is 7.99. The Balaban J connectivity index is 1.59. The minimum Gasteiger partial charge on any atom is -0.462 e. The summed E-state index contributed by atoms with van der Waals surface area (Å²) in [5, 5.41) is 3.32. The molecule has 2 aromatic rings. The van der Waals surface area contributed by atoms with E-state index in [0.29, 0.717) is 22.5 Å². The topological polar surface area (TPSA) is 81.7 Å². The van der Waals surface area contributed by atoms with Crippen molar-refractivity contribution in [2.75, 3.05) is 11.9 Å². The molecule has 0 saturated heterocycles. The van der Waals surface area contributed by atoms with E-state index >= 15 is 0 Å². The van der Waals surface area contributed by atoms with Gasteiger partial charge < -0.3 is 14.8 Å². The van der Waals surface area contributed by atoms with Gasteiger partial charge in [-0.1, -0.05) is 18.2 Å². The fourth-order valence-electron chi connectivity index (χ4n) is 3.74. The first-order valence-corrected chi connectivity index (χ1v) is 10.3. The quantitative estimate of drug-likeness (QED) is 0.796. The molecule has 7 heteroatoms. The van der Waals surface area contributed by atoms with Gasteiger partial charge in [-0.05, 0) is 49.8 Å². The van der Waals surface area contributed by atoms with Crippen LogP contribution in [0.2, 0.25) is 0 Å². The number of ether oxygens (including phenoxy) is 2. The minimum atomic E-state index is -0.920. The molecule has 4 rings (SSSR count). The third kappa shape index (κ3) is 3.42. The second kappa shape index (κ2) is 7.75. The number of fused-ring (bicyclic) bond motifs is 2. The number of hydrogen-bond acceptors (Lipinski definition) is 6. The summed E-state index contributed by atoms with van der Waals surface area (Å²) in [5.74, 6) is -1.34. The highest BCUT2D eigenvalue weighted by molar-refractivity contribution is 7.17. The lowest BCUT2D eigenvalue weighted by molar-refractivity contribution is -0.125. The number of thiophene rings is 1. The lowest BCUT2D eigenvalue weighted by Gasteiger charge is -2.23. The van der Waals surface area contributed by atoms with Gasteiger partial charge in [-0.3, -0.25) is 4.79 Å². The molecule has 1 atom stereocenters. The Kier molecular flexibility index (Phi) is 5.17. The Labute approximate surface area is 166 Å². The van der Waals surface area contributed by atoms with Gasteiger partial charge in [0.1, 0.15) is 5.00 Å². The van der Waals surface area contributed by atoms with Crippen LogP contribution in [0.1, 0.15) is 56.5 Å². The van der Waals surface area contributed by atoms with Crippen LogP contribution in [0.15, 0.2) is 24.3 Å². The van der Waals surface area contributed by atoms with Crippen molar-refractivity contribution in [1.82, 2.24) is 0 Å². The van der Waals surface area contributed by atoms with Gasteiger partial charge in [0.2, 0.25) is 0 Å². The summed E-state index contributed by atoms with van der Waals surface area (Å²) >= 11 is 1.42. The Hall–Kier alpha value is -2.67. The summed E-state index contributed by atoms with van der Waals surface area (Å²) in [5.41, 5.74) is 2.72. The Morgan fingerprint density at radius 3 is 2.86 bits per heavy atom. The van der Waals surface area contributed by atoms with Gasteiger partial charge in [0.15, 0.2) is 6.10 Å². The zero-order valence-electron chi connectivity index (χ0n) is 15.6. The molecule has 1 amide bonds. The van der Waals surface area contributed by atoms with E-state index < -0.39 is 23.9 Å². The molecule has 1 N–H and O–H groups in total. The molecule has 0 saturated carbocycles. The lowest BCUT2D eigenvalue weighted by atomic mass is 9.95. The van der Waals surface area contributed by atoms with Crippen LogP contribution in [-0.2, 0) is 33.5 Å². The summed E-state index contributed by atoms with van der Waals surface area (Å²) in [6, 6.07) is 7.11. The smallest absolute Gasteiger partial charge is 0.341 e. The number of benzene rings is 1. The lowest BCUT2D eigenvalue weighted by Crippen LogP contribution is -2.38. The summed E-state index contributed by atoms with van der Waals surface area (Å²) in [6.07, 6.45) is 3.18. The van der Waals surface area contributed by atoms with Crippen molar-refractivity contribution in [3.05, 3.63) is 51.4 Å². The molecule has 28 heavy (non-hydrogen) atoms. The van der Waals surface area contributed by atoms with Gasteiger partial charge >= 0.3 is 11.9 Å². The van der Waals surface area contributed by atoms with E-state index in [2.05, 4.69) is 5.32 Å². The van der Waals surface area contributed by atoms with Gasteiger partial charge in [-0.15, -0.1) is 11.3 Å². The van der Waals surface area contributed by atoms with Crippen molar-refractivity contribution < 1.29 is 23.9 Å². The molecular weight excluding hydrogens is 378 g/mol. The molecule has 1 aromatic carbocycles. The van der Waals surface area contributed by atoms with Crippen LogP contribution in [0.3, 0.4) is 0 Å². The van der Waals surface area contributed by atoms with Crippen LogP contribution < -0.4 is 5.32 Å². The summed E-state index contributed by atoms with van der Waals surface area (Å²) < 4.78 is 10.5. The fraction of sp³-hybridized carbons (Fsp3) is 0.381. The third-order valence-corrected chi connectivity index (χ3v) is 6.28. The molecule has 2 aliphatic rings. The average Bonchev–Trinajstić information content (AvgIpc) is 3.06. The first kappa shape index (κ1) is 18.7. The molecule has 1 aliphatic carbocycles. The predicted molar refractivity (Wildman–Crippen MR) is 105 cm³/mol. The maximum Gasteiger partial charge on any atom is 0.341 e. The molecule has 0 bridgehead atoms. The van der Waals surface area contributed by atoms with E-state index in [1.807, 2.05) is 12.1 Å². The predicted octanol–water partition coefficient (Wildman–Crippen LogP) is 3.52. The van der Waals surface area contributed by atoms with Gasteiger partial charge in [0, 0.05) is 11.3 Å². The van der Waals surface area contributed by atoms with E-state index in [4.69, 9.17) is 9.47 Å². The largest absolute Gasteiger partial charge is 0.462 e. The normalized spacial score (nSPS) is 17.9. The van der Waals surface area contributed by atoms with Gasteiger partial charge in [0.05, 0.1) is 17.7 Å². The first-order chi connectivity index (χ1) is 13.6. The number of carbonyl (C=O) groups is 3. The molecule has 0 spiro atoms. The number of carbonyl (C=O) groups excluding carboxylic acids is 3. The molecule has 0 fully saturated rings. The number of cyclic esters (lactones) is 1. The Morgan fingerprint density at radius 2 is 2.04 bits per heavy atom. The van der Waals surface area contributed by atoms with Crippen LogP contribution >= 0.6 is 11.3 Å². The summed E-state index contributed by atoms with van der Waals surface area (Å²) in [4.78, 5) is 38.7. The van der Waals surface area contributed by atoms with E-state index in [1.54, 1.807) is 19.1 Å². The van der Waals surface area contributed by atoms with Crippen molar-refractivity contribution >= 4 is 34.2 Å². The van der Waals surface area contributed by atoms with Crippen molar-refractivity contribution in [2.24, 2.45) is 0 Å². The van der Waals surface area contributed by atoms with Gasteiger partial charge in [-0.2, -0.15) is 0 Å². The number of nitrogens with one attached hydrogen (secondary N) is 1. The first-order valence-electron chi connectivity index (χ1n) is 9.50. The van der Waals surface area contributed by atoms with E-state index in [1.165, 1.54) is 11.3 Å². The number of rotatable bonds is 4. The van der Waals surface area contributed by atoms with Crippen LogP contribution in [-0.4, -0.2) is 30.6 Å². The van der Waals surface area contributed by atoms with Crippen LogP contribution in [0, 0.1) is 0 Å². The minimum absolute atomic E-state index is 0.272. The average molecular weight is 399 g/mol. The van der Waals surface area contributed by atoms with Crippen molar-refractivity contribution in [3.8, 4) is 0 Å². The van der Waals surface area contributed by atoms with E-state index in [0.717, 1.165) is 41.7 Å². The summed E-state index contributed by atoms with van der Waals surface area (Å²) in [6.45, 7) is 2.03. The zero-order valence-corrected chi connectivity index (χ0v) is 16.4. The van der Waals surface area contributed by atoms with Crippen LogP contribution in [0.4, 0.5) is 5.00 Å². The number of esters is 2. The monoisotopic (exact) mass is 399 g/mol. The molecule has 6 nitrogen and oxygen atoms in total. The van der Waals surface area contributed by atoms with E-state index in [-0.39, 0.29) is 6.61 Å². The Bertz CT molecular complexity index is 948. The zero-order chi connectivity index (χ0) is 19.7. The molecule has 1 aliphatic heterocycles. The van der Waals surface area contributed by atoms with Crippen molar-refractivity contribution in [3.63, 3.8) is 0 Å². The standard InChI is InChI=1S/C21H21NO5S/c1-2-26-21(25)17-14-9-5-6-10-16(14)28-19(17)22-18(23)15-11-12-7-3-4-8-13(12)20(24)27-15/h3-4,7-8,15H,2,5-6,9-11H2,1H3,(H,22,23)/t15-/m1/s1. The summed E-state index contributed by atoms with van der Waals surface area (Å²) in [7, 11) is 0. The highest BCUT2D eigenvalue weighted by Crippen LogP contribution is 2.39. The number of amides is 1. The molecule has 0 radical (unpaired) electrons. The number of anilines is 1. The van der Waals surface area contributed by atoms with E-state index in [9.17, 15) is 14.4 Å². The highest BCUT2D eigenvalue weighted by atomic mass is 32.1. The molecule has 0 unspecified atom stereocenters. The Morgan fingerprint density at radius 1 is 1.25 bits per heavy atom. The molecule has 2 heterocycles. The van der Waals surface area contributed by atoms with Gasteiger partial charge in [0.25, 0.3) is 5.91 Å². The number of aryl methyl sites for hydroxylation is 1. The highest BCUT2D eigenvalue weighted by Gasteiger charge is 2.33. The number of hydrogen-bond donors (Lipinski definition) is 1. The second-order valence-electron chi connectivity index (χ2n) is 6.88. The molecular formula is C21H21NO5S. The van der Waals surface area contributed by atoms with Crippen molar-refractivity contribution in [1.29, 1.82) is 0 Å². The molecule has 1 aromatic heterocycles. The maximum atomic E-state index is 12.8. The van der Waals surface area contributed by atoms with Crippen LogP contribution in [0.25, 0.3) is 0 Å². The maximum absolute atomic E-state index is 12.8. The van der Waals surface area contributed by atoms with Crippen LogP contribution in [0.5, 0.6) is 0 Å². The fourth-order valence-corrected chi connectivity index (χ4v) is 5.02. The van der Waals surface area contributed by atoms with Gasteiger partial charge in [-0.25, -0.2) is 9.59 Å².